The lowest BCUT2D eigenvalue weighted by atomic mass is 10.2. The summed E-state index contributed by atoms with van der Waals surface area (Å²) in [6, 6.07) is 3.24. The summed E-state index contributed by atoms with van der Waals surface area (Å²) < 4.78 is 0.821. The molecule has 0 spiro atoms. The number of nitrogens with zero attached hydrogens (tertiary/aromatic N) is 1. The summed E-state index contributed by atoms with van der Waals surface area (Å²) in [6.45, 7) is 0.487. The highest BCUT2D eigenvalue weighted by molar-refractivity contribution is 9.10. The molecular weight excluding hydrogens is 274 g/mol. The Labute approximate surface area is 101 Å². The second-order valence-corrected chi connectivity index (χ2v) is 4.46. The molecule has 2 heterocycles. The van der Waals surface area contributed by atoms with Gasteiger partial charge in [0.2, 0.25) is 5.91 Å². The number of hydrogen-bond donors (Lipinski definition) is 2. The molecule has 2 rings (SSSR count). The first-order valence-corrected chi connectivity index (χ1v) is 5.63. The second kappa shape index (κ2) is 4.61. The molecule has 84 valence electrons. The minimum atomic E-state index is -0.256. The molecule has 2 N–H and O–H groups in total. The van der Waals surface area contributed by atoms with Crippen LogP contribution in [0.1, 0.15) is 16.9 Å². The quantitative estimate of drug-likeness (QED) is 0.829. The molecular formula is C10H10BrN3O2. The molecule has 0 radical (unpaired) electrons. The molecule has 2 amide bonds. The lowest BCUT2D eigenvalue weighted by Gasteiger charge is -2.09. The average Bonchev–Trinajstić information content (AvgIpc) is 2.65. The summed E-state index contributed by atoms with van der Waals surface area (Å²) in [6.07, 6.45) is 1.90. The minimum absolute atomic E-state index is 0.0333. The van der Waals surface area contributed by atoms with Gasteiger partial charge in [-0.1, -0.05) is 0 Å². The van der Waals surface area contributed by atoms with Crippen LogP contribution in [0.25, 0.3) is 0 Å². The molecule has 16 heavy (non-hydrogen) atoms. The van der Waals surface area contributed by atoms with Gasteiger partial charge in [-0.25, -0.2) is 4.98 Å². The lowest BCUT2D eigenvalue weighted by molar-refractivity contribution is -0.119. The molecule has 1 atom stereocenters. The zero-order chi connectivity index (χ0) is 11.5. The van der Waals surface area contributed by atoms with E-state index in [0.717, 1.165) is 4.47 Å². The van der Waals surface area contributed by atoms with E-state index in [0.29, 0.717) is 18.7 Å². The topological polar surface area (TPSA) is 71.1 Å². The minimum Gasteiger partial charge on any atom is -0.354 e. The summed E-state index contributed by atoms with van der Waals surface area (Å²) in [5.74, 6) is -0.289. The van der Waals surface area contributed by atoms with E-state index in [2.05, 4.69) is 31.5 Å². The number of pyridine rings is 1. The van der Waals surface area contributed by atoms with Gasteiger partial charge in [0.05, 0.1) is 6.04 Å². The van der Waals surface area contributed by atoms with E-state index in [1.165, 1.54) is 0 Å². The molecule has 5 nitrogen and oxygen atoms in total. The monoisotopic (exact) mass is 283 g/mol. The van der Waals surface area contributed by atoms with Crippen LogP contribution in [0.15, 0.2) is 22.8 Å². The van der Waals surface area contributed by atoms with E-state index in [1.54, 1.807) is 18.3 Å². The SMILES string of the molecule is O=C1CC(NC(=O)c2ccc(Br)cn2)CN1. The molecule has 1 aromatic heterocycles. The number of rotatable bonds is 2. The fraction of sp³-hybridized carbons (Fsp3) is 0.300. The molecule has 0 aliphatic carbocycles. The van der Waals surface area contributed by atoms with Crippen molar-refractivity contribution in [1.29, 1.82) is 0 Å². The number of carbonyl (C=O) groups excluding carboxylic acids is 2. The molecule has 1 unspecified atom stereocenters. The number of carbonyl (C=O) groups is 2. The Kier molecular flexibility index (Phi) is 3.19. The molecule has 1 aliphatic rings. The van der Waals surface area contributed by atoms with Gasteiger partial charge >= 0.3 is 0 Å². The largest absolute Gasteiger partial charge is 0.354 e. The first kappa shape index (κ1) is 11.1. The summed E-state index contributed by atoms with van der Waals surface area (Å²) in [5, 5.41) is 5.40. The van der Waals surface area contributed by atoms with Crippen molar-refractivity contribution < 1.29 is 9.59 Å². The Bertz CT molecular complexity index is 419. The first-order chi connectivity index (χ1) is 7.65. The zero-order valence-corrected chi connectivity index (χ0v) is 9.95. The van der Waals surface area contributed by atoms with Crippen LogP contribution in [-0.4, -0.2) is 29.4 Å². The van der Waals surface area contributed by atoms with E-state index in [4.69, 9.17) is 0 Å². The maximum absolute atomic E-state index is 11.7. The lowest BCUT2D eigenvalue weighted by Crippen LogP contribution is -2.36. The number of hydrogen-bond acceptors (Lipinski definition) is 3. The molecule has 1 aromatic rings. The Morgan fingerprint density at radius 1 is 1.56 bits per heavy atom. The van der Waals surface area contributed by atoms with Crippen molar-refractivity contribution in [2.45, 2.75) is 12.5 Å². The van der Waals surface area contributed by atoms with Gasteiger partial charge in [0, 0.05) is 23.6 Å². The summed E-state index contributed by atoms with van der Waals surface area (Å²) in [4.78, 5) is 26.6. The normalized spacial score (nSPS) is 19.3. The van der Waals surface area contributed by atoms with E-state index in [9.17, 15) is 9.59 Å². The molecule has 0 aromatic carbocycles. The van der Waals surface area contributed by atoms with Crippen LogP contribution in [0.3, 0.4) is 0 Å². The Hall–Kier alpha value is -1.43. The van der Waals surface area contributed by atoms with Gasteiger partial charge in [0.15, 0.2) is 0 Å². The van der Waals surface area contributed by atoms with E-state index >= 15 is 0 Å². The van der Waals surface area contributed by atoms with Gasteiger partial charge < -0.3 is 10.6 Å². The summed E-state index contributed by atoms with van der Waals surface area (Å²) >= 11 is 3.24. The van der Waals surface area contributed by atoms with Crippen molar-refractivity contribution >= 4 is 27.7 Å². The highest BCUT2D eigenvalue weighted by Crippen LogP contribution is 2.08. The molecule has 0 bridgehead atoms. The summed E-state index contributed by atoms with van der Waals surface area (Å²) in [7, 11) is 0. The summed E-state index contributed by atoms with van der Waals surface area (Å²) in [5.41, 5.74) is 0.350. The molecule has 6 heteroatoms. The number of halogens is 1. The van der Waals surface area contributed by atoms with Gasteiger partial charge in [0.1, 0.15) is 5.69 Å². The van der Waals surface area contributed by atoms with Crippen molar-refractivity contribution in [1.82, 2.24) is 15.6 Å². The third-order valence-electron chi connectivity index (χ3n) is 2.27. The van der Waals surface area contributed by atoms with E-state index < -0.39 is 0 Å². The fourth-order valence-corrected chi connectivity index (χ4v) is 1.71. The van der Waals surface area contributed by atoms with Gasteiger partial charge in [-0.3, -0.25) is 9.59 Å². The zero-order valence-electron chi connectivity index (χ0n) is 8.37. The van der Waals surface area contributed by atoms with Crippen molar-refractivity contribution in [2.75, 3.05) is 6.54 Å². The van der Waals surface area contributed by atoms with Crippen LogP contribution in [0.5, 0.6) is 0 Å². The molecule has 1 aliphatic heterocycles. The van der Waals surface area contributed by atoms with Crippen LogP contribution in [0.2, 0.25) is 0 Å². The van der Waals surface area contributed by atoms with Crippen molar-refractivity contribution in [3.8, 4) is 0 Å². The van der Waals surface area contributed by atoms with Crippen LogP contribution in [0.4, 0.5) is 0 Å². The van der Waals surface area contributed by atoms with Crippen LogP contribution >= 0.6 is 15.9 Å². The van der Waals surface area contributed by atoms with E-state index in [-0.39, 0.29) is 17.9 Å². The van der Waals surface area contributed by atoms with Crippen LogP contribution in [-0.2, 0) is 4.79 Å². The predicted octanol–water partition coefficient (Wildman–Crippen LogP) is 0.462. The average molecular weight is 284 g/mol. The van der Waals surface area contributed by atoms with Gasteiger partial charge in [-0.15, -0.1) is 0 Å². The van der Waals surface area contributed by atoms with Crippen molar-refractivity contribution in [3.63, 3.8) is 0 Å². The second-order valence-electron chi connectivity index (χ2n) is 3.54. The molecule has 1 fully saturated rings. The van der Waals surface area contributed by atoms with Crippen LogP contribution in [0, 0.1) is 0 Å². The van der Waals surface area contributed by atoms with Gasteiger partial charge in [0.25, 0.3) is 5.91 Å². The third-order valence-corrected chi connectivity index (χ3v) is 2.74. The van der Waals surface area contributed by atoms with Crippen molar-refractivity contribution in [3.05, 3.63) is 28.5 Å². The first-order valence-electron chi connectivity index (χ1n) is 4.84. The Morgan fingerprint density at radius 3 is 2.94 bits per heavy atom. The smallest absolute Gasteiger partial charge is 0.270 e. The fourth-order valence-electron chi connectivity index (χ4n) is 1.48. The number of aromatic nitrogens is 1. The predicted molar refractivity (Wildman–Crippen MR) is 60.8 cm³/mol. The van der Waals surface area contributed by atoms with Crippen molar-refractivity contribution in [2.24, 2.45) is 0 Å². The number of nitrogens with one attached hydrogen (secondary N) is 2. The Balaban J connectivity index is 1.98. The van der Waals surface area contributed by atoms with Gasteiger partial charge in [-0.2, -0.15) is 0 Å². The van der Waals surface area contributed by atoms with Gasteiger partial charge in [-0.05, 0) is 28.1 Å². The maximum atomic E-state index is 11.7. The standard InChI is InChI=1S/C10H10BrN3O2/c11-6-1-2-8(12-4-6)10(16)14-7-3-9(15)13-5-7/h1-2,4,7H,3,5H2,(H,13,15)(H,14,16). The molecule has 0 saturated carbocycles. The highest BCUT2D eigenvalue weighted by atomic mass is 79.9. The Morgan fingerprint density at radius 2 is 2.38 bits per heavy atom. The third kappa shape index (κ3) is 2.57. The number of amides is 2. The van der Waals surface area contributed by atoms with E-state index in [1.807, 2.05) is 0 Å². The molecule has 1 saturated heterocycles. The highest BCUT2D eigenvalue weighted by Gasteiger charge is 2.23. The van der Waals surface area contributed by atoms with Crippen LogP contribution < -0.4 is 10.6 Å². The maximum Gasteiger partial charge on any atom is 0.270 e.